The third-order valence-electron chi connectivity index (χ3n) is 2.98. The van der Waals surface area contributed by atoms with Crippen LogP contribution in [0, 0.1) is 5.82 Å². The van der Waals surface area contributed by atoms with Gasteiger partial charge in [-0.15, -0.1) is 0 Å². The normalized spacial score (nSPS) is 10.7. The lowest BCUT2D eigenvalue weighted by atomic mass is 10.1. The summed E-state index contributed by atoms with van der Waals surface area (Å²) in [7, 11) is 1.50. The minimum absolute atomic E-state index is 0.257. The first-order valence-corrected chi connectivity index (χ1v) is 6.13. The van der Waals surface area contributed by atoms with Gasteiger partial charge in [-0.2, -0.15) is 0 Å². The SMILES string of the molecule is CCCn1c(C(=O)NC)cc2cc(F)ccc2c1=O. The molecule has 0 spiro atoms. The summed E-state index contributed by atoms with van der Waals surface area (Å²) >= 11 is 0. The summed E-state index contributed by atoms with van der Waals surface area (Å²) < 4.78 is 14.7. The monoisotopic (exact) mass is 262 g/mol. The Morgan fingerprint density at radius 2 is 2.11 bits per heavy atom. The molecule has 0 aliphatic rings. The second kappa shape index (κ2) is 5.22. The van der Waals surface area contributed by atoms with Gasteiger partial charge in [-0.25, -0.2) is 4.39 Å². The molecular formula is C14H15FN2O2. The first-order valence-electron chi connectivity index (χ1n) is 6.13. The van der Waals surface area contributed by atoms with Crippen LogP contribution in [0.4, 0.5) is 4.39 Å². The molecular weight excluding hydrogens is 247 g/mol. The van der Waals surface area contributed by atoms with Gasteiger partial charge < -0.3 is 9.88 Å². The lowest BCUT2D eigenvalue weighted by Crippen LogP contribution is -2.30. The topological polar surface area (TPSA) is 51.1 Å². The van der Waals surface area contributed by atoms with E-state index in [2.05, 4.69) is 5.32 Å². The van der Waals surface area contributed by atoms with E-state index in [1.165, 1.54) is 29.8 Å². The van der Waals surface area contributed by atoms with Crippen molar-refractivity contribution in [3.8, 4) is 0 Å². The Morgan fingerprint density at radius 1 is 1.37 bits per heavy atom. The number of rotatable bonds is 3. The summed E-state index contributed by atoms with van der Waals surface area (Å²) in [6.45, 7) is 2.38. The minimum Gasteiger partial charge on any atom is -0.354 e. The molecule has 1 aromatic carbocycles. The molecule has 19 heavy (non-hydrogen) atoms. The third kappa shape index (κ3) is 2.36. The van der Waals surface area contributed by atoms with E-state index >= 15 is 0 Å². The van der Waals surface area contributed by atoms with Crippen LogP contribution in [-0.2, 0) is 6.54 Å². The summed E-state index contributed by atoms with van der Waals surface area (Å²) in [5.41, 5.74) is -0.00889. The molecule has 0 bridgehead atoms. The highest BCUT2D eigenvalue weighted by atomic mass is 19.1. The van der Waals surface area contributed by atoms with E-state index in [9.17, 15) is 14.0 Å². The zero-order valence-corrected chi connectivity index (χ0v) is 10.9. The Kier molecular flexibility index (Phi) is 3.64. The van der Waals surface area contributed by atoms with Gasteiger partial charge in [0.2, 0.25) is 0 Å². The molecule has 1 heterocycles. The molecule has 0 aliphatic carbocycles. The van der Waals surface area contributed by atoms with Gasteiger partial charge in [0.25, 0.3) is 11.5 Å². The van der Waals surface area contributed by atoms with Gasteiger partial charge in [0.15, 0.2) is 0 Å². The third-order valence-corrected chi connectivity index (χ3v) is 2.98. The second-order valence-corrected chi connectivity index (χ2v) is 4.30. The van der Waals surface area contributed by atoms with Crippen LogP contribution in [0.15, 0.2) is 29.1 Å². The molecule has 0 saturated heterocycles. The molecule has 1 N–H and O–H groups in total. The number of benzene rings is 1. The Labute approximate surface area is 109 Å². The van der Waals surface area contributed by atoms with E-state index in [-0.39, 0.29) is 17.2 Å². The number of hydrogen-bond donors (Lipinski definition) is 1. The molecule has 4 nitrogen and oxygen atoms in total. The molecule has 0 aliphatic heterocycles. The number of nitrogens with one attached hydrogen (secondary N) is 1. The van der Waals surface area contributed by atoms with Crippen LogP contribution in [0.3, 0.4) is 0 Å². The molecule has 1 aromatic heterocycles. The van der Waals surface area contributed by atoms with Crippen LogP contribution in [-0.4, -0.2) is 17.5 Å². The van der Waals surface area contributed by atoms with Crippen molar-refractivity contribution < 1.29 is 9.18 Å². The van der Waals surface area contributed by atoms with Gasteiger partial charge in [0.1, 0.15) is 11.5 Å². The average Bonchev–Trinajstić information content (AvgIpc) is 2.40. The number of carbonyl (C=O) groups excluding carboxylic acids is 1. The van der Waals surface area contributed by atoms with Crippen LogP contribution in [0.2, 0.25) is 0 Å². The fourth-order valence-electron chi connectivity index (χ4n) is 2.09. The summed E-state index contributed by atoms with van der Waals surface area (Å²) in [4.78, 5) is 24.2. The number of aromatic nitrogens is 1. The standard InChI is InChI=1S/C14H15FN2O2/c1-3-6-17-12(13(18)16-2)8-9-7-10(15)4-5-11(9)14(17)19/h4-5,7-8H,3,6H2,1-2H3,(H,16,18). The fraction of sp³-hybridized carbons (Fsp3) is 0.286. The van der Waals surface area contributed by atoms with E-state index in [1.807, 2.05) is 6.92 Å². The highest BCUT2D eigenvalue weighted by molar-refractivity contribution is 5.96. The quantitative estimate of drug-likeness (QED) is 0.918. The molecule has 0 fully saturated rings. The number of fused-ring (bicyclic) bond motifs is 1. The van der Waals surface area contributed by atoms with Gasteiger partial charge in [-0.3, -0.25) is 9.59 Å². The Balaban J connectivity index is 2.81. The average molecular weight is 262 g/mol. The van der Waals surface area contributed by atoms with Gasteiger partial charge in [-0.1, -0.05) is 6.92 Å². The molecule has 0 unspecified atom stereocenters. The van der Waals surface area contributed by atoms with Crippen molar-refractivity contribution in [1.29, 1.82) is 0 Å². The van der Waals surface area contributed by atoms with Crippen molar-refractivity contribution in [3.63, 3.8) is 0 Å². The molecule has 5 heteroatoms. The molecule has 0 atom stereocenters. The summed E-state index contributed by atoms with van der Waals surface area (Å²) in [5.74, 6) is -0.778. The molecule has 100 valence electrons. The van der Waals surface area contributed by atoms with Crippen LogP contribution < -0.4 is 10.9 Å². The first-order chi connectivity index (χ1) is 9.08. The Hall–Kier alpha value is -2.17. The number of halogens is 1. The minimum atomic E-state index is -0.428. The van der Waals surface area contributed by atoms with Crippen molar-refractivity contribution >= 4 is 16.7 Å². The van der Waals surface area contributed by atoms with Crippen molar-refractivity contribution in [2.45, 2.75) is 19.9 Å². The fourth-order valence-corrected chi connectivity index (χ4v) is 2.09. The number of carbonyl (C=O) groups is 1. The van der Waals surface area contributed by atoms with E-state index in [4.69, 9.17) is 0 Å². The van der Waals surface area contributed by atoms with E-state index in [1.54, 1.807) is 6.07 Å². The van der Waals surface area contributed by atoms with Crippen LogP contribution >= 0.6 is 0 Å². The summed E-state index contributed by atoms with van der Waals surface area (Å²) in [5, 5.41) is 3.35. The smallest absolute Gasteiger partial charge is 0.267 e. The van der Waals surface area contributed by atoms with Gasteiger partial charge in [0.05, 0.1) is 0 Å². The maximum Gasteiger partial charge on any atom is 0.267 e. The molecule has 2 aromatic rings. The van der Waals surface area contributed by atoms with Crippen molar-refractivity contribution in [2.24, 2.45) is 0 Å². The van der Waals surface area contributed by atoms with Gasteiger partial charge >= 0.3 is 0 Å². The molecule has 1 amide bonds. The number of hydrogen-bond acceptors (Lipinski definition) is 2. The van der Waals surface area contributed by atoms with Crippen LogP contribution in [0.1, 0.15) is 23.8 Å². The maximum atomic E-state index is 13.2. The Bertz CT molecular complexity index is 692. The predicted molar refractivity (Wildman–Crippen MR) is 71.8 cm³/mol. The number of amides is 1. The summed E-state index contributed by atoms with van der Waals surface area (Å²) in [6.07, 6.45) is 0.733. The number of nitrogens with zero attached hydrogens (tertiary/aromatic N) is 1. The van der Waals surface area contributed by atoms with Crippen LogP contribution in [0.5, 0.6) is 0 Å². The molecule has 0 saturated carbocycles. The second-order valence-electron chi connectivity index (χ2n) is 4.30. The lowest BCUT2D eigenvalue weighted by Gasteiger charge is -2.12. The summed E-state index contributed by atoms with van der Waals surface area (Å²) in [6, 6.07) is 5.51. The van der Waals surface area contributed by atoms with Crippen molar-refractivity contribution in [2.75, 3.05) is 7.05 Å². The first kappa shape index (κ1) is 13.3. The van der Waals surface area contributed by atoms with E-state index in [0.717, 1.165) is 6.42 Å². The zero-order valence-electron chi connectivity index (χ0n) is 10.9. The Morgan fingerprint density at radius 3 is 2.74 bits per heavy atom. The van der Waals surface area contributed by atoms with Crippen molar-refractivity contribution in [1.82, 2.24) is 9.88 Å². The predicted octanol–water partition coefficient (Wildman–Crippen LogP) is 1.91. The van der Waals surface area contributed by atoms with Gasteiger partial charge in [-0.05, 0) is 36.1 Å². The highest BCUT2D eigenvalue weighted by Gasteiger charge is 2.14. The highest BCUT2D eigenvalue weighted by Crippen LogP contribution is 2.14. The number of pyridine rings is 1. The molecule has 0 radical (unpaired) electrons. The van der Waals surface area contributed by atoms with Crippen LogP contribution in [0.25, 0.3) is 10.8 Å². The largest absolute Gasteiger partial charge is 0.354 e. The van der Waals surface area contributed by atoms with E-state index < -0.39 is 5.82 Å². The van der Waals surface area contributed by atoms with Gasteiger partial charge in [0, 0.05) is 19.0 Å². The molecule has 2 rings (SSSR count). The van der Waals surface area contributed by atoms with Crippen molar-refractivity contribution in [3.05, 3.63) is 46.1 Å². The zero-order chi connectivity index (χ0) is 14.0. The van der Waals surface area contributed by atoms with E-state index in [0.29, 0.717) is 17.3 Å². The maximum absolute atomic E-state index is 13.2. The lowest BCUT2D eigenvalue weighted by molar-refractivity contribution is 0.0952.